The number of nitrogens with one attached hydrogen (secondary N) is 1. The van der Waals surface area contributed by atoms with Gasteiger partial charge in [0.1, 0.15) is 0 Å². The number of hydrogen-bond acceptors (Lipinski definition) is 3. The van der Waals surface area contributed by atoms with Crippen molar-refractivity contribution in [3.05, 3.63) is 35.4 Å². The highest BCUT2D eigenvalue weighted by molar-refractivity contribution is 5.94. The van der Waals surface area contributed by atoms with Crippen LogP contribution in [0.1, 0.15) is 29.3 Å². The van der Waals surface area contributed by atoms with Gasteiger partial charge >= 0.3 is 0 Å². The van der Waals surface area contributed by atoms with Crippen LogP contribution in [0.3, 0.4) is 0 Å². The molecule has 0 aromatic heterocycles. The summed E-state index contributed by atoms with van der Waals surface area (Å²) in [7, 11) is 0. The van der Waals surface area contributed by atoms with E-state index in [0.29, 0.717) is 31.9 Å². The van der Waals surface area contributed by atoms with E-state index in [9.17, 15) is 4.79 Å². The molecule has 1 N–H and O–H groups in total. The first-order chi connectivity index (χ1) is 9.24. The molecule has 0 fully saturated rings. The summed E-state index contributed by atoms with van der Waals surface area (Å²) >= 11 is 0. The van der Waals surface area contributed by atoms with E-state index in [1.165, 1.54) is 0 Å². The lowest BCUT2D eigenvalue weighted by Crippen LogP contribution is -2.27. The summed E-state index contributed by atoms with van der Waals surface area (Å²) < 4.78 is 10.6. The number of hydrogen-bond donors (Lipinski definition) is 1. The number of amides is 1. The molecular weight excluding hydrogens is 242 g/mol. The van der Waals surface area contributed by atoms with Gasteiger partial charge < -0.3 is 14.8 Å². The van der Waals surface area contributed by atoms with Crippen molar-refractivity contribution in [3.8, 4) is 0 Å². The molecule has 1 amide bonds. The zero-order chi connectivity index (χ0) is 13.9. The lowest BCUT2D eigenvalue weighted by molar-refractivity contribution is 0.0485. The lowest BCUT2D eigenvalue weighted by Gasteiger charge is -2.07. The maximum absolute atomic E-state index is 11.8. The predicted molar refractivity (Wildman–Crippen MR) is 75.4 cm³/mol. The van der Waals surface area contributed by atoms with E-state index in [0.717, 1.165) is 18.6 Å². The highest BCUT2D eigenvalue weighted by Gasteiger charge is 2.03. The van der Waals surface area contributed by atoms with Gasteiger partial charge in [0, 0.05) is 18.7 Å². The molecule has 4 nitrogen and oxygen atoms in total. The van der Waals surface area contributed by atoms with Crippen LogP contribution in [-0.2, 0) is 9.47 Å². The Kier molecular flexibility index (Phi) is 7.86. The minimum Gasteiger partial charge on any atom is -0.379 e. The minimum absolute atomic E-state index is 0.0606. The third-order valence-electron chi connectivity index (χ3n) is 2.53. The number of benzene rings is 1. The van der Waals surface area contributed by atoms with Gasteiger partial charge in [-0.3, -0.25) is 4.79 Å². The van der Waals surface area contributed by atoms with Gasteiger partial charge in [0.05, 0.1) is 19.8 Å². The summed E-state index contributed by atoms with van der Waals surface area (Å²) in [5.41, 5.74) is 1.77. The molecule has 1 aromatic carbocycles. The Morgan fingerprint density at radius 2 is 1.89 bits per heavy atom. The summed E-state index contributed by atoms with van der Waals surface area (Å²) in [6.07, 6.45) is 1.02. The maximum atomic E-state index is 11.8. The van der Waals surface area contributed by atoms with Crippen LogP contribution in [0.25, 0.3) is 0 Å². The smallest absolute Gasteiger partial charge is 0.251 e. The quantitative estimate of drug-likeness (QED) is 0.696. The molecule has 0 aliphatic carbocycles. The standard InChI is InChI=1S/C15H23NO3/c1-3-8-18-10-11-19-9-7-16-15(17)14-6-4-5-13(2)12-14/h4-6,12H,3,7-11H2,1-2H3,(H,16,17). The summed E-state index contributed by atoms with van der Waals surface area (Å²) in [5.74, 6) is -0.0606. The van der Waals surface area contributed by atoms with E-state index in [2.05, 4.69) is 12.2 Å². The van der Waals surface area contributed by atoms with Crippen LogP contribution in [-0.4, -0.2) is 38.9 Å². The Morgan fingerprint density at radius 1 is 1.16 bits per heavy atom. The Morgan fingerprint density at radius 3 is 2.58 bits per heavy atom. The van der Waals surface area contributed by atoms with Crippen molar-refractivity contribution in [1.82, 2.24) is 5.32 Å². The van der Waals surface area contributed by atoms with Crippen LogP contribution in [0.2, 0.25) is 0 Å². The van der Waals surface area contributed by atoms with Crippen LogP contribution >= 0.6 is 0 Å². The van der Waals surface area contributed by atoms with E-state index in [-0.39, 0.29) is 5.91 Å². The molecule has 4 heteroatoms. The fourth-order valence-electron chi connectivity index (χ4n) is 1.59. The van der Waals surface area contributed by atoms with Gasteiger partial charge in [-0.25, -0.2) is 0 Å². The van der Waals surface area contributed by atoms with Crippen LogP contribution in [0.15, 0.2) is 24.3 Å². The first-order valence-electron chi connectivity index (χ1n) is 6.74. The summed E-state index contributed by atoms with van der Waals surface area (Å²) in [6.45, 7) is 7.01. The largest absolute Gasteiger partial charge is 0.379 e. The fraction of sp³-hybridized carbons (Fsp3) is 0.533. The van der Waals surface area contributed by atoms with Crippen molar-refractivity contribution >= 4 is 5.91 Å². The third-order valence-corrected chi connectivity index (χ3v) is 2.53. The molecule has 0 bridgehead atoms. The second-order valence-corrected chi connectivity index (χ2v) is 4.35. The zero-order valence-corrected chi connectivity index (χ0v) is 11.8. The van der Waals surface area contributed by atoms with Crippen molar-refractivity contribution in [3.63, 3.8) is 0 Å². The SMILES string of the molecule is CCCOCCOCCNC(=O)c1cccc(C)c1. The molecule has 0 aliphatic heterocycles. The van der Waals surface area contributed by atoms with E-state index in [1.807, 2.05) is 31.2 Å². The molecule has 0 saturated heterocycles. The molecule has 1 rings (SSSR count). The topological polar surface area (TPSA) is 47.6 Å². The monoisotopic (exact) mass is 265 g/mol. The highest BCUT2D eigenvalue weighted by atomic mass is 16.5. The van der Waals surface area contributed by atoms with Crippen molar-refractivity contribution < 1.29 is 14.3 Å². The molecule has 0 saturated carbocycles. The van der Waals surface area contributed by atoms with Crippen molar-refractivity contribution in [1.29, 1.82) is 0 Å². The van der Waals surface area contributed by atoms with E-state index in [4.69, 9.17) is 9.47 Å². The first-order valence-corrected chi connectivity index (χ1v) is 6.74. The Bertz CT molecular complexity index is 379. The van der Waals surface area contributed by atoms with Crippen LogP contribution in [0.5, 0.6) is 0 Å². The highest BCUT2D eigenvalue weighted by Crippen LogP contribution is 2.03. The molecule has 106 valence electrons. The molecular formula is C15H23NO3. The van der Waals surface area contributed by atoms with Gasteiger partial charge in [0.25, 0.3) is 5.91 Å². The van der Waals surface area contributed by atoms with Crippen LogP contribution in [0.4, 0.5) is 0 Å². The summed E-state index contributed by atoms with van der Waals surface area (Å²) in [6, 6.07) is 7.53. The number of carbonyl (C=O) groups is 1. The summed E-state index contributed by atoms with van der Waals surface area (Å²) in [5, 5.41) is 2.82. The number of carbonyl (C=O) groups excluding carboxylic acids is 1. The predicted octanol–water partition coefficient (Wildman–Crippen LogP) is 2.17. The third kappa shape index (κ3) is 6.94. The van der Waals surface area contributed by atoms with Gasteiger partial charge in [0.2, 0.25) is 0 Å². The van der Waals surface area contributed by atoms with Crippen LogP contribution < -0.4 is 5.32 Å². The zero-order valence-electron chi connectivity index (χ0n) is 11.8. The average Bonchev–Trinajstić information content (AvgIpc) is 2.41. The summed E-state index contributed by atoms with van der Waals surface area (Å²) in [4.78, 5) is 11.8. The molecule has 19 heavy (non-hydrogen) atoms. The molecule has 0 heterocycles. The molecule has 0 unspecified atom stereocenters. The molecule has 0 spiro atoms. The number of aryl methyl sites for hydroxylation is 1. The van der Waals surface area contributed by atoms with E-state index < -0.39 is 0 Å². The Hall–Kier alpha value is -1.39. The van der Waals surface area contributed by atoms with Gasteiger partial charge in [-0.15, -0.1) is 0 Å². The second kappa shape index (κ2) is 9.53. The molecule has 0 atom stereocenters. The van der Waals surface area contributed by atoms with E-state index in [1.54, 1.807) is 0 Å². The van der Waals surface area contributed by atoms with Gasteiger partial charge in [-0.05, 0) is 25.5 Å². The van der Waals surface area contributed by atoms with Gasteiger partial charge in [-0.1, -0.05) is 24.6 Å². The second-order valence-electron chi connectivity index (χ2n) is 4.35. The fourth-order valence-corrected chi connectivity index (χ4v) is 1.59. The minimum atomic E-state index is -0.0606. The van der Waals surface area contributed by atoms with Gasteiger partial charge in [-0.2, -0.15) is 0 Å². The average molecular weight is 265 g/mol. The van der Waals surface area contributed by atoms with E-state index >= 15 is 0 Å². The first kappa shape index (κ1) is 15.7. The number of rotatable bonds is 9. The molecule has 1 aromatic rings. The molecule has 0 radical (unpaired) electrons. The van der Waals surface area contributed by atoms with Crippen LogP contribution in [0, 0.1) is 6.92 Å². The Labute approximate surface area is 115 Å². The normalized spacial score (nSPS) is 10.4. The van der Waals surface area contributed by atoms with Crippen molar-refractivity contribution in [2.24, 2.45) is 0 Å². The lowest BCUT2D eigenvalue weighted by atomic mass is 10.1. The van der Waals surface area contributed by atoms with Crippen molar-refractivity contribution in [2.75, 3.05) is 33.0 Å². The Balaban J connectivity index is 2.08. The maximum Gasteiger partial charge on any atom is 0.251 e. The van der Waals surface area contributed by atoms with Gasteiger partial charge in [0.15, 0.2) is 0 Å². The van der Waals surface area contributed by atoms with Crippen molar-refractivity contribution in [2.45, 2.75) is 20.3 Å². The molecule has 0 aliphatic rings. The number of ether oxygens (including phenoxy) is 2.